The van der Waals surface area contributed by atoms with Gasteiger partial charge in [-0.25, -0.2) is 4.79 Å². The standard InChI is InChI=1S/C15H16ClNO2S/c1-3-19-15(18)13(14-10(2)7-8-20-14)17-12-6-4-5-11(16)9-12/h4-9,13,17H,3H2,1-2H3. The predicted molar refractivity (Wildman–Crippen MR) is 83.5 cm³/mol. The summed E-state index contributed by atoms with van der Waals surface area (Å²) >= 11 is 7.51. The molecule has 0 fully saturated rings. The Morgan fingerprint density at radius 2 is 2.25 bits per heavy atom. The quantitative estimate of drug-likeness (QED) is 0.831. The molecule has 1 atom stereocenters. The lowest BCUT2D eigenvalue weighted by molar-refractivity contribution is -0.144. The van der Waals surface area contributed by atoms with Crippen molar-refractivity contribution in [3.8, 4) is 0 Å². The van der Waals surface area contributed by atoms with Crippen molar-refractivity contribution in [1.29, 1.82) is 0 Å². The van der Waals surface area contributed by atoms with Gasteiger partial charge < -0.3 is 10.1 Å². The van der Waals surface area contributed by atoms with Crippen molar-refractivity contribution < 1.29 is 9.53 Å². The highest BCUT2D eigenvalue weighted by Gasteiger charge is 2.24. The van der Waals surface area contributed by atoms with E-state index in [4.69, 9.17) is 16.3 Å². The Bertz CT molecular complexity index is 597. The molecule has 0 aliphatic rings. The van der Waals surface area contributed by atoms with Gasteiger partial charge in [0.15, 0.2) is 6.04 Å². The van der Waals surface area contributed by atoms with Gasteiger partial charge in [-0.05, 0) is 49.1 Å². The highest BCUT2D eigenvalue weighted by atomic mass is 35.5. The number of hydrogen-bond donors (Lipinski definition) is 1. The Balaban J connectivity index is 2.28. The maximum Gasteiger partial charge on any atom is 0.334 e. The van der Waals surface area contributed by atoms with Gasteiger partial charge in [-0.3, -0.25) is 0 Å². The molecule has 0 bridgehead atoms. The highest BCUT2D eigenvalue weighted by molar-refractivity contribution is 7.10. The number of hydrogen-bond acceptors (Lipinski definition) is 4. The van der Waals surface area contributed by atoms with Crippen LogP contribution in [0.25, 0.3) is 0 Å². The summed E-state index contributed by atoms with van der Waals surface area (Å²) < 4.78 is 5.16. The van der Waals surface area contributed by atoms with E-state index >= 15 is 0 Å². The lowest BCUT2D eigenvalue weighted by Crippen LogP contribution is -2.23. The first kappa shape index (κ1) is 14.9. The van der Waals surface area contributed by atoms with Crippen LogP contribution in [0.2, 0.25) is 5.02 Å². The summed E-state index contributed by atoms with van der Waals surface area (Å²) in [5.41, 5.74) is 1.87. The van der Waals surface area contributed by atoms with Crippen LogP contribution in [0.1, 0.15) is 23.4 Å². The van der Waals surface area contributed by atoms with Gasteiger partial charge in [-0.1, -0.05) is 17.7 Å². The van der Waals surface area contributed by atoms with Crippen LogP contribution in [0, 0.1) is 6.92 Å². The number of benzene rings is 1. The maximum atomic E-state index is 12.2. The number of carbonyl (C=O) groups is 1. The summed E-state index contributed by atoms with van der Waals surface area (Å²) in [6.45, 7) is 4.14. The van der Waals surface area contributed by atoms with E-state index in [-0.39, 0.29) is 5.97 Å². The van der Waals surface area contributed by atoms with Crippen LogP contribution in [0.3, 0.4) is 0 Å². The van der Waals surface area contributed by atoms with Crippen molar-refractivity contribution in [2.45, 2.75) is 19.9 Å². The second-order valence-corrected chi connectivity index (χ2v) is 5.69. The van der Waals surface area contributed by atoms with E-state index in [1.807, 2.05) is 30.5 Å². The normalized spacial score (nSPS) is 11.9. The summed E-state index contributed by atoms with van der Waals surface area (Å²) in [6.07, 6.45) is 0. The number of esters is 1. The van der Waals surface area contributed by atoms with Crippen molar-refractivity contribution >= 4 is 34.6 Å². The molecular weight excluding hydrogens is 294 g/mol. The summed E-state index contributed by atoms with van der Waals surface area (Å²) in [5, 5.41) is 5.79. The van der Waals surface area contributed by atoms with Gasteiger partial charge in [0.05, 0.1) is 6.61 Å². The Morgan fingerprint density at radius 3 is 2.85 bits per heavy atom. The molecule has 2 rings (SSSR count). The Kier molecular flexibility index (Phi) is 5.04. The zero-order chi connectivity index (χ0) is 14.5. The fourth-order valence-corrected chi connectivity index (χ4v) is 3.04. The van der Waals surface area contributed by atoms with E-state index in [0.717, 1.165) is 16.1 Å². The lowest BCUT2D eigenvalue weighted by atomic mass is 10.1. The summed E-state index contributed by atoms with van der Waals surface area (Å²) in [4.78, 5) is 13.1. The number of nitrogens with one attached hydrogen (secondary N) is 1. The maximum absolute atomic E-state index is 12.2. The van der Waals surface area contributed by atoms with Crippen molar-refractivity contribution in [3.63, 3.8) is 0 Å². The van der Waals surface area contributed by atoms with Gasteiger partial charge in [-0.15, -0.1) is 11.3 Å². The molecule has 5 heteroatoms. The number of thiophene rings is 1. The first-order valence-electron chi connectivity index (χ1n) is 6.34. The molecule has 0 aliphatic carbocycles. The zero-order valence-electron chi connectivity index (χ0n) is 11.4. The van der Waals surface area contributed by atoms with Gasteiger partial charge in [-0.2, -0.15) is 0 Å². The molecule has 2 aromatic rings. The highest BCUT2D eigenvalue weighted by Crippen LogP contribution is 2.29. The Labute approximate surface area is 127 Å². The third-order valence-corrected chi connectivity index (χ3v) is 4.14. The molecule has 0 aliphatic heterocycles. The molecule has 1 aromatic heterocycles. The SMILES string of the molecule is CCOC(=O)C(Nc1cccc(Cl)c1)c1sccc1C. The molecule has 0 radical (unpaired) electrons. The van der Waals surface area contributed by atoms with Crippen molar-refractivity contribution in [2.24, 2.45) is 0 Å². The van der Waals surface area contributed by atoms with E-state index in [9.17, 15) is 4.79 Å². The molecule has 0 amide bonds. The molecule has 0 spiro atoms. The average Bonchev–Trinajstić information content (AvgIpc) is 2.82. The molecule has 0 saturated heterocycles. The minimum absolute atomic E-state index is 0.280. The van der Waals surface area contributed by atoms with Crippen LogP contribution in [0.4, 0.5) is 5.69 Å². The molecule has 3 nitrogen and oxygen atoms in total. The second-order valence-electron chi connectivity index (χ2n) is 4.31. The molecule has 1 unspecified atom stereocenters. The average molecular weight is 310 g/mol. The number of aryl methyl sites for hydroxylation is 1. The van der Waals surface area contributed by atoms with Crippen LogP contribution in [-0.4, -0.2) is 12.6 Å². The number of halogens is 1. The predicted octanol–water partition coefficient (Wildman–Crippen LogP) is 4.43. The lowest BCUT2D eigenvalue weighted by Gasteiger charge is -2.18. The fourth-order valence-electron chi connectivity index (χ4n) is 1.88. The van der Waals surface area contributed by atoms with E-state index in [1.54, 1.807) is 19.1 Å². The third-order valence-electron chi connectivity index (χ3n) is 2.82. The molecule has 0 saturated carbocycles. The van der Waals surface area contributed by atoms with Crippen molar-refractivity contribution in [3.05, 3.63) is 51.2 Å². The zero-order valence-corrected chi connectivity index (χ0v) is 12.9. The van der Waals surface area contributed by atoms with Crippen LogP contribution in [-0.2, 0) is 9.53 Å². The van der Waals surface area contributed by atoms with Crippen LogP contribution in [0.15, 0.2) is 35.7 Å². The van der Waals surface area contributed by atoms with Gasteiger partial charge in [0, 0.05) is 15.6 Å². The van der Waals surface area contributed by atoms with Crippen LogP contribution >= 0.6 is 22.9 Å². The van der Waals surface area contributed by atoms with E-state index in [0.29, 0.717) is 11.6 Å². The summed E-state index contributed by atoms with van der Waals surface area (Å²) in [5.74, 6) is -0.280. The van der Waals surface area contributed by atoms with Gasteiger partial charge >= 0.3 is 5.97 Å². The Morgan fingerprint density at radius 1 is 1.45 bits per heavy atom. The fraction of sp³-hybridized carbons (Fsp3) is 0.267. The number of anilines is 1. The topological polar surface area (TPSA) is 38.3 Å². The minimum atomic E-state index is -0.506. The summed E-state index contributed by atoms with van der Waals surface area (Å²) in [6, 6.07) is 8.79. The molecule has 20 heavy (non-hydrogen) atoms. The van der Waals surface area contributed by atoms with Gasteiger partial charge in [0.25, 0.3) is 0 Å². The first-order chi connectivity index (χ1) is 9.61. The number of ether oxygens (including phenoxy) is 1. The molecule has 106 valence electrons. The third kappa shape index (κ3) is 3.52. The van der Waals surface area contributed by atoms with E-state index < -0.39 is 6.04 Å². The monoisotopic (exact) mass is 309 g/mol. The second kappa shape index (κ2) is 6.77. The number of rotatable bonds is 5. The van der Waals surface area contributed by atoms with Crippen molar-refractivity contribution in [1.82, 2.24) is 0 Å². The molecule has 1 heterocycles. The van der Waals surface area contributed by atoms with Gasteiger partial charge in [0.1, 0.15) is 0 Å². The first-order valence-corrected chi connectivity index (χ1v) is 7.60. The van der Waals surface area contributed by atoms with Crippen molar-refractivity contribution in [2.75, 3.05) is 11.9 Å². The van der Waals surface area contributed by atoms with Crippen LogP contribution in [0.5, 0.6) is 0 Å². The van der Waals surface area contributed by atoms with Crippen LogP contribution < -0.4 is 5.32 Å². The minimum Gasteiger partial charge on any atom is -0.464 e. The smallest absolute Gasteiger partial charge is 0.334 e. The van der Waals surface area contributed by atoms with Gasteiger partial charge in [0.2, 0.25) is 0 Å². The molecular formula is C15H16ClNO2S. The van der Waals surface area contributed by atoms with E-state index in [1.165, 1.54) is 11.3 Å². The van der Waals surface area contributed by atoms with E-state index in [2.05, 4.69) is 5.32 Å². The number of carbonyl (C=O) groups excluding carboxylic acids is 1. The molecule has 1 N–H and O–H groups in total. The largest absolute Gasteiger partial charge is 0.464 e. The molecule has 1 aromatic carbocycles. The summed E-state index contributed by atoms with van der Waals surface area (Å²) in [7, 11) is 0. The Hall–Kier alpha value is -1.52.